The number of pyridine rings is 1. The zero-order chi connectivity index (χ0) is 13.0. The van der Waals surface area contributed by atoms with Crippen LogP contribution in [-0.4, -0.2) is 35.0 Å². The van der Waals surface area contributed by atoms with E-state index < -0.39 is 0 Å². The van der Waals surface area contributed by atoms with E-state index in [1.165, 1.54) is 0 Å². The van der Waals surface area contributed by atoms with Gasteiger partial charge in [0.25, 0.3) is 0 Å². The van der Waals surface area contributed by atoms with Crippen LogP contribution in [0.3, 0.4) is 0 Å². The molecule has 1 aliphatic heterocycles. The summed E-state index contributed by atoms with van der Waals surface area (Å²) in [4.78, 5) is 18.0. The molecule has 0 saturated carbocycles. The number of likely N-dealkylation sites (tertiary alicyclic amines) is 1. The molecule has 0 amide bonds. The van der Waals surface area contributed by atoms with Crippen LogP contribution in [0.15, 0.2) is 18.3 Å². The molecule has 1 aromatic heterocycles. The SMILES string of the molecule is CCOC(=O)C1CCCN1Cc1ccc(N)nc1. The average Bonchev–Trinajstić information content (AvgIpc) is 2.81. The van der Waals surface area contributed by atoms with Crippen molar-refractivity contribution in [1.82, 2.24) is 9.88 Å². The number of hydrogen-bond donors (Lipinski definition) is 1. The van der Waals surface area contributed by atoms with E-state index in [0.717, 1.165) is 31.5 Å². The maximum atomic E-state index is 11.8. The van der Waals surface area contributed by atoms with Gasteiger partial charge in [-0.2, -0.15) is 0 Å². The Bertz CT molecular complexity index is 405. The molecule has 2 rings (SSSR count). The molecule has 0 aliphatic carbocycles. The lowest BCUT2D eigenvalue weighted by molar-refractivity contribution is -0.148. The van der Waals surface area contributed by atoms with Crippen molar-refractivity contribution in [2.75, 3.05) is 18.9 Å². The molecule has 0 spiro atoms. The van der Waals surface area contributed by atoms with Crippen LogP contribution in [0.5, 0.6) is 0 Å². The number of hydrogen-bond acceptors (Lipinski definition) is 5. The Balaban J connectivity index is 1.99. The molecule has 2 N–H and O–H groups in total. The highest BCUT2D eigenvalue weighted by Crippen LogP contribution is 2.21. The lowest BCUT2D eigenvalue weighted by atomic mass is 10.2. The molecule has 1 fully saturated rings. The molecule has 2 heterocycles. The third-order valence-corrected chi connectivity index (χ3v) is 3.16. The quantitative estimate of drug-likeness (QED) is 0.812. The number of rotatable bonds is 4. The molecule has 5 heteroatoms. The fraction of sp³-hybridized carbons (Fsp3) is 0.538. The number of aromatic nitrogens is 1. The number of carbonyl (C=O) groups excluding carboxylic acids is 1. The normalized spacial score (nSPS) is 19.9. The first-order valence-electron chi connectivity index (χ1n) is 6.32. The Labute approximate surface area is 107 Å². The topological polar surface area (TPSA) is 68.5 Å². The van der Waals surface area contributed by atoms with Gasteiger partial charge in [0, 0.05) is 12.7 Å². The summed E-state index contributed by atoms with van der Waals surface area (Å²) in [6.07, 6.45) is 3.67. The molecular weight excluding hydrogens is 230 g/mol. The van der Waals surface area contributed by atoms with Crippen LogP contribution in [0, 0.1) is 0 Å². The summed E-state index contributed by atoms with van der Waals surface area (Å²) in [5.74, 6) is 0.403. The van der Waals surface area contributed by atoms with Gasteiger partial charge in [-0.15, -0.1) is 0 Å². The van der Waals surface area contributed by atoms with Crippen LogP contribution < -0.4 is 5.73 Å². The van der Waals surface area contributed by atoms with Gasteiger partial charge in [-0.1, -0.05) is 6.07 Å². The van der Waals surface area contributed by atoms with E-state index in [2.05, 4.69) is 9.88 Å². The standard InChI is InChI=1S/C13H19N3O2/c1-2-18-13(17)11-4-3-7-16(11)9-10-5-6-12(14)15-8-10/h5-6,8,11H,2-4,7,9H2,1H3,(H2,14,15). The number of ether oxygens (including phenoxy) is 1. The first-order chi connectivity index (χ1) is 8.70. The molecule has 1 atom stereocenters. The van der Waals surface area contributed by atoms with Crippen LogP contribution in [0.4, 0.5) is 5.82 Å². The van der Waals surface area contributed by atoms with Crippen molar-refractivity contribution in [2.45, 2.75) is 32.4 Å². The lowest BCUT2D eigenvalue weighted by Gasteiger charge is -2.22. The van der Waals surface area contributed by atoms with Gasteiger partial charge >= 0.3 is 5.97 Å². The van der Waals surface area contributed by atoms with Crippen molar-refractivity contribution in [3.05, 3.63) is 23.9 Å². The first-order valence-corrected chi connectivity index (χ1v) is 6.32. The van der Waals surface area contributed by atoms with Crippen molar-refractivity contribution in [3.63, 3.8) is 0 Å². The summed E-state index contributed by atoms with van der Waals surface area (Å²) >= 11 is 0. The Morgan fingerprint density at radius 1 is 1.61 bits per heavy atom. The van der Waals surface area contributed by atoms with Crippen molar-refractivity contribution in [2.24, 2.45) is 0 Å². The van der Waals surface area contributed by atoms with Crippen molar-refractivity contribution in [3.8, 4) is 0 Å². The Morgan fingerprint density at radius 2 is 2.44 bits per heavy atom. The molecule has 1 saturated heterocycles. The molecule has 18 heavy (non-hydrogen) atoms. The third-order valence-electron chi connectivity index (χ3n) is 3.16. The Morgan fingerprint density at radius 3 is 3.11 bits per heavy atom. The molecule has 1 aromatic rings. The smallest absolute Gasteiger partial charge is 0.323 e. The van der Waals surface area contributed by atoms with Gasteiger partial charge in [-0.05, 0) is 37.9 Å². The second-order valence-corrected chi connectivity index (χ2v) is 4.47. The molecule has 5 nitrogen and oxygen atoms in total. The average molecular weight is 249 g/mol. The van der Waals surface area contributed by atoms with E-state index in [-0.39, 0.29) is 12.0 Å². The Hall–Kier alpha value is -1.62. The summed E-state index contributed by atoms with van der Waals surface area (Å²) in [6.45, 7) is 3.91. The number of nitrogens with two attached hydrogens (primary N) is 1. The Kier molecular flexibility index (Phi) is 4.15. The molecule has 0 radical (unpaired) electrons. The van der Waals surface area contributed by atoms with Crippen molar-refractivity contribution < 1.29 is 9.53 Å². The van der Waals surface area contributed by atoms with Crippen LogP contribution in [0.1, 0.15) is 25.3 Å². The molecular formula is C13H19N3O2. The number of carbonyl (C=O) groups is 1. The molecule has 98 valence electrons. The van der Waals surface area contributed by atoms with Gasteiger partial charge < -0.3 is 10.5 Å². The van der Waals surface area contributed by atoms with Gasteiger partial charge in [0.2, 0.25) is 0 Å². The predicted octanol–water partition coefficient (Wildman–Crippen LogP) is 1.19. The third kappa shape index (κ3) is 2.98. The van der Waals surface area contributed by atoms with E-state index in [1.807, 2.05) is 13.0 Å². The van der Waals surface area contributed by atoms with E-state index in [0.29, 0.717) is 12.4 Å². The van der Waals surface area contributed by atoms with Gasteiger partial charge in [0.05, 0.1) is 6.61 Å². The first kappa shape index (κ1) is 12.8. The van der Waals surface area contributed by atoms with Crippen molar-refractivity contribution in [1.29, 1.82) is 0 Å². The second-order valence-electron chi connectivity index (χ2n) is 4.47. The maximum Gasteiger partial charge on any atom is 0.323 e. The number of nitrogens with zero attached hydrogens (tertiary/aromatic N) is 2. The zero-order valence-corrected chi connectivity index (χ0v) is 10.6. The highest BCUT2D eigenvalue weighted by atomic mass is 16.5. The van der Waals surface area contributed by atoms with E-state index >= 15 is 0 Å². The fourth-order valence-electron chi connectivity index (χ4n) is 2.28. The summed E-state index contributed by atoms with van der Waals surface area (Å²) in [5, 5.41) is 0. The summed E-state index contributed by atoms with van der Waals surface area (Å²) in [7, 11) is 0. The second kappa shape index (κ2) is 5.82. The monoisotopic (exact) mass is 249 g/mol. The summed E-state index contributed by atoms with van der Waals surface area (Å²) in [5.41, 5.74) is 6.62. The fourth-order valence-corrected chi connectivity index (χ4v) is 2.28. The predicted molar refractivity (Wildman–Crippen MR) is 68.7 cm³/mol. The molecule has 0 bridgehead atoms. The summed E-state index contributed by atoms with van der Waals surface area (Å²) < 4.78 is 5.10. The molecule has 1 aliphatic rings. The van der Waals surface area contributed by atoms with Crippen LogP contribution >= 0.6 is 0 Å². The minimum atomic E-state index is -0.113. The van der Waals surface area contributed by atoms with Gasteiger partial charge in [0.15, 0.2) is 0 Å². The van der Waals surface area contributed by atoms with Gasteiger partial charge in [0.1, 0.15) is 11.9 Å². The highest BCUT2D eigenvalue weighted by Gasteiger charge is 2.31. The number of esters is 1. The molecule has 1 unspecified atom stereocenters. The number of nitrogen functional groups attached to an aromatic ring is 1. The van der Waals surface area contributed by atoms with Crippen LogP contribution in [0.2, 0.25) is 0 Å². The van der Waals surface area contributed by atoms with E-state index in [4.69, 9.17) is 10.5 Å². The number of anilines is 1. The van der Waals surface area contributed by atoms with Gasteiger partial charge in [-0.3, -0.25) is 9.69 Å². The minimum Gasteiger partial charge on any atom is -0.465 e. The minimum absolute atomic E-state index is 0.109. The van der Waals surface area contributed by atoms with Crippen molar-refractivity contribution >= 4 is 11.8 Å². The van der Waals surface area contributed by atoms with Gasteiger partial charge in [-0.25, -0.2) is 4.98 Å². The highest BCUT2D eigenvalue weighted by molar-refractivity contribution is 5.76. The van der Waals surface area contributed by atoms with Crippen LogP contribution in [0.25, 0.3) is 0 Å². The van der Waals surface area contributed by atoms with E-state index in [9.17, 15) is 4.79 Å². The summed E-state index contributed by atoms with van der Waals surface area (Å²) in [6, 6.07) is 3.62. The van der Waals surface area contributed by atoms with E-state index in [1.54, 1.807) is 12.3 Å². The molecule has 0 aromatic carbocycles. The maximum absolute atomic E-state index is 11.8. The lowest BCUT2D eigenvalue weighted by Crippen LogP contribution is -2.36. The largest absolute Gasteiger partial charge is 0.465 e. The van der Waals surface area contributed by atoms with Crippen LogP contribution in [-0.2, 0) is 16.1 Å². The zero-order valence-electron chi connectivity index (χ0n) is 10.6.